The number of H-pyrrole nitrogens is 1. The molecule has 0 spiro atoms. The molecule has 7 nitrogen and oxygen atoms in total. The molecule has 25 heavy (non-hydrogen) atoms. The van der Waals surface area contributed by atoms with Crippen molar-refractivity contribution < 1.29 is 9.90 Å². The Kier molecular flexibility index (Phi) is 4.23. The van der Waals surface area contributed by atoms with Gasteiger partial charge in [-0.25, -0.2) is 4.79 Å². The normalized spacial score (nSPS) is 18.6. The molecule has 2 N–H and O–H groups in total. The lowest BCUT2D eigenvalue weighted by Crippen LogP contribution is -2.36. The van der Waals surface area contributed by atoms with Gasteiger partial charge in [-0.1, -0.05) is 23.4 Å². The average Bonchev–Trinajstić information content (AvgIpc) is 3.21. The summed E-state index contributed by atoms with van der Waals surface area (Å²) in [4.78, 5) is 16.8. The van der Waals surface area contributed by atoms with Crippen LogP contribution in [0.3, 0.4) is 0 Å². The van der Waals surface area contributed by atoms with Gasteiger partial charge in [0.25, 0.3) is 0 Å². The van der Waals surface area contributed by atoms with Crippen LogP contribution in [0.4, 0.5) is 0 Å². The average molecular weight is 339 g/mol. The van der Waals surface area contributed by atoms with Crippen molar-refractivity contribution in [1.82, 2.24) is 24.9 Å². The molecule has 1 unspecified atom stereocenters. The summed E-state index contributed by atoms with van der Waals surface area (Å²) in [5.41, 5.74) is 2.41. The first-order chi connectivity index (χ1) is 12.2. The molecule has 1 aliphatic heterocycles. The molecule has 1 aromatic carbocycles. The number of para-hydroxylation sites is 1. The molecule has 0 radical (unpaired) electrons. The molecule has 1 saturated heterocycles. The lowest BCUT2D eigenvalue weighted by atomic mass is 9.98. The second-order valence-corrected chi connectivity index (χ2v) is 6.76. The standard InChI is InChI=1S/C18H21N5O2/c24-18(25)17-12-23(21-20-17)10-13-4-3-7-22(9-13)11-15-8-14-5-1-2-6-16(14)19-15/h1-2,5-6,8,12-13,19H,3-4,7,9-11H2,(H,24,25). The van der Waals surface area contributed by atoms with Crippen LogP contribution in [0.1, 0.15) is 29.0 Å². The number of rotatable bonds is 5. The van der Waals surface area contributed by atoms with Gasteiger partial charge < -0.3 is 10.1 Å². The zero-order chi connectivity index (χ0) is 17.2. The summed E-state index contributed by atoms with van der Waals surface area (Å²) in [6.07, 6.45) is 3.79. The van der Waals surface area contributed by atoms with E-state index in [4.69, 9.17) is 5.11 Å². The van der Waals surface area contributed by atoms with Crippen LogP contribution in [-0.2, 0) is 13.1 Å². The van der Waals surface area contributed by atoms with Crippen molar-refractivity contribution in [1.29, 1.82) is 0 Å². The van der Waals surface area contributed by atoms with E-state index in [9.17, 15) is 4.79 Å². The lowest BCUT2D eigenvalue weighted by Gasteiger charge is -2.32. The minimum absolute atomic E-state index is 0.00532. The van der Waals surface area contributed by atoms with Crippen LogP contribution in [-0.4, -0.2) is 49.0 Å². The van der Waals surface area contributed by atoms with E-state index in [1.807, 2.05) is 6.07 Å². The fourth-order valence-electron chi connectivity index (χ4n) is 3.65. The van der Waals surface area contributed by atoms with Crippen molar-refractivity contribution in [3.63, 3.8) is 0 Å². The number of fused-ring (bicyclic) bond motifs is 1. The molecule has 1 fully saturated rings. The smallest absolute Gasteiger partial charge is 0.358 e. The Morgan fingerprint density at radius 1 is 1.36 bits per heavy atom. The second kappa shape index (κ2) is 6.68. The zero-order valence-corrected chi connectivity index (χ0v) is 13.9. The SMILES string of the molecule is O=C(O)c1cn(CC2CCCN(Cc3cc4ccccc4[nH]3)C2)nn1. The number of hydrogen-bond acceptors (Lipinski definition) is 4. The predicted molar refractivity (Wildman–Crippen MR) is 93.3 cm³/mol. The quantitative estimate of drug-likeness (QED) is 0.745. The first kappa shape index (κ1) is 15.8. The molecule has 4 rings (SSSR count). The summed E-state index contributed by atoms with van der Waals surface area (Å²) in [5.74, 6) is -0.572. The molecular formula is C18H21N5O2. The Morgan fingerprint density at radius 3 is 3.04 bits per heavy atom. The fourth-order valence-corrected chi connectivity index (χ4v) is 3.65. The third kappa shape index (κ3) is 3.56. The number of aromatic nitrogens is 4. The van der Waals surface area contributed by atoms with Gasteiger partial charge in [-0.05, 0) is 42.8 Å². The Bertz CT molecular complexity index is 851. The maximum atomic E-state index is 10.9. The molecule has 2 aromatic heterocycles. The molecule has 3 heterocycles. The number of aromatic amines is 1. The number of carboxylic acid groups (broad SMARTS) is 1. The maximum absolute atomic E-state index is 10.9. The van der Waals surface area contributed by atoms with E-state index in [-0.39, 0.29) is 5.69 Å². The molecule has 130 valence electrons. The number of hydrogen-bond donors (Lipinski definition) is 2. The number of carboxylic acids is 1. The number of benzene rings is 1. The van der Waals surface area contributed by atoms with E-state index in [0.717, 1.165) is 32.5 Å². The van der Waals surface area contributed by atoms with Crippen molar-refractivity contribution in [2.24, 2.45) is 5.92 Å². The summed E-state index contributed by atoms with van der Waals surface area (Å²) in [6, 6.07) is 10.5. The van der Waals surface area contributed by atoms with E-state index in [2.05, 4.69) is 44.5 Å². The number of nitrogens with one attached hydrogen (secondary N) is 1. The van der Waals surface area contributed by atoms with E-state index in [0.29, 0.717) is 12.5 Å². The van der Waals surface area contributed by atoms with E-state index in [1.165, 1.54) is 22.8 Å². The number of nitrogens with zero attached hydrogens (tertiary/aromatic N) is 4. The van der Waals surface area contributed by atoms with Gasteiger partial charge in [-0.15, -0.1) is 5.10 Å². The predicted octanol–water partition coefficient (Wildman–Crippen LogP) is 2.37. The molecule has 0 bridgehead atoms. The van der Waals surface area contributed by atoms with Crippen LogP contribution in [0.2, 0.25) is 0 Å². The van der Waals surface area contributed by atoms with E-state index >= 15 is 0 Å². The number of likely N-dealkylation sites (tertiary alicyclic amines) is 1. The molecule has 0 aliphatic carbocycles. The highest BCUT2D eigenvalue weighted by atomic mass is 16.4. The molecule has 3 aromatic rings. The highest BCUT2D eigenvalue weighted by molar-refractivity contribution is 5.84. The van der Waals surface area contributed by atoms with E-state index in [1.54, 1.807) is 4.68 Å². The number of carbonyl (C=O) groups is 1. The van der Waals surface area contributed by atoms with Crippen molar-refractivity contribution in [2.75, 3.05) is 13.1 Å². The minimum atomic E-state index is -1.03. The maximum Gasteiger partial charge on any atom is 0.358 e. The van der Waals surface area contributed by atoms with Gasteiger partial charge in [0, 0.05) is 30.8 Å². The molecule has 1 aliphatic rings. The Labute approximate surface area is 145 Å². The number of aromatic carboxylic acids is 1. The summed E-state index contributed by atoms with van der Waals surface area (Å²) < 4.78 is 1.65. The van der Waals surface area contributed by atoms with Crippen molar-refractivity contribution >= 4 is 16.9 Å². The molecular weight excluding hydrogens is 318 g/mol. The summed E-state index contributed by atoms with van der Waals surface area (Å²) in [7, 11) is 0. The first-order valence-electron chi connectivity index (χ1n) is 8.60. The van der Waals surface area contributed by atoms with E-state index < -0.39 is 5.97 Å². The Morgan fingerprint density at radius 2 is 2.24 bits per heavy atom. The fraction of sp³-hybridized carbons (Fsp3) is 0.389. The highest BCUT2D eigenvalue weighted by Gasteiger charge is 2.22. The van der Waals surface area contributed by atoms with Crippen molar-refractivity contribution in [3.8, 4) is 0 Å². The van der Waals surface area contributed by atoms with Gasteiger partial charge in [0.1, 0.15) is 0 Å². The first-order valence-corrected chi connectivity index (χ1v) is 8.60. The van der Waals surface area contributed by atoms with Gasteiger partial charge in [0.15, 0.2) is 5.69 Å². The summed E-state index contributed by atoms with van der Waals surface area (Å²) in [6.45, 7) is 3.69. The van der Waals surface area contributed by atoms with Crippen molar-refractivity contribution in [2.45, 2.75) is 25.9 Å². The van der Waals surface area contributed by atoms with Gasteiger partial charge in [0.05, 0.1) is 6.20 Å². The minimum Gasteiger partial charge on any atom is -0.476 e. The van der Waals surface area contributed by atoms with Gasteiger partial charge >= 0.3 is 5.97 Å². The van der Waals surface area contributed by atoms with Crippen LogP contribution in [0.5, 0.6) is 0 Å². The molecule has 7 heteroatoms. The molecule has 1 atom stereocenters. The van der Waals surface area contributed by atoms with Gasteiger partial charge in [0.2, 0.25) is 0 Å². The largest absolute Gasteiger partial charge is 0.476 e. The van der Waals surface area contributed by atoms with Crippen LogP contribution in [0, 0.1) is 5.92 Å². The summed E-state index contributed by atoms with van der Waals surface area (Å²) in [5, 5.41) is 17.8. The highest BCUT2D eigenvalue weighted by Crippen LogP contribution is 2.21. The monoisotopic (exact) mass is 339 g/mol. The van der Waals surface area contributed by atoms with Gasteiger partial charge in [-0.3, -0.25) is 9.58 Å². The lowest BCUT2D eigenvalue weighted by molar-refractivity contribution is 0.0690. The topological polar surface area (TPSA) is 87.0 Å². The van der Waals surface area contributed by atoms with Crippen LogP contribution in [0.15, 0.2) is 36.5 Å². The molecule has 0 amide bonds. The van der Waals surface area contributed by atoms with Crippen molar-refractivity contribution in [3.05, 3.63) is 47.9 Å². The third-order valence-electron chi connectivity index (χ3n) is 4.79. The molecule has 0 saturated carbocycles. The summed E-state index contributed by atoms with van der Waals surface area (Å²) >= 11 is 0. The Hall–Kier alpha value is -2.67. The Balaban J connectivity index is 1.39. The van der Waals surface area contributed by atoms with Gasteiger partial charge in [-0.2, -0.15) is 0 Å². The van der Waals surface area contributed by atoms with Crippen LogP contribution >= 0.6 is 0 Å². The van der Waals surface area contributed by atoms with Crippen LogP contribution in [0.25, 0.3) is 10.9 Å². The third-order valence-corrected chi connectivity index (χ3v) is 4.79. The zero-order valence-electron chi connectivity index (χ0n) is 13.9. The van der Waals surface area contributed by atoms with Crippen LogP contribution < -0.4 is 0 Å². The second-order valence-electron chi connectivity index (χ2n) is 6.76. The number of piperidine rings is 1.